The third-order valence-corrected chi connectivity index (χ3v) is 2.84. The maximum atomic E-state index is 9.80. The molecule has 2 rings (SSSR count). The molecule has 3 nitrogen and oxygen atoms in total. The molecule has 0 aromatic heterocycles. The van der Waals surface area contributed by atoms with E-state index in [9.17, 15) is 5.11 Å². The van der Waals surface area contributed by atoms with E-state index in [0.717, 1.165) is 23.6 Å². The number of nitrogens with zero attached hydrogens (tertiary/aromatic N) is 2. The van der Waals surface area contributed by atoms with Gasteiger partial charge < -0.3 is 5.11 Å². The number of phenols is 1. The molecule has 0 spiro atoms. The van der Waals surface area contributed by atoms with Crippen LogP contribution in [0.25, 0.3) is 10.8 Å². The second kappa shape index (κ2) is 6.15. The Balaban J connectivity index is 2.23. The lowest BCUT2D eigenvalue weighted by Gasteiger charge is -2.02. The van der Waals surface area contributed by atoms with Crippen molar-refractivity contribution in [3.63, 3.8) is 0 Å². The Bertz CT molecular complexity index is 549. The van der Waals surface area contributed by atoms with E-state index in [1.54, 1.807) is 6.07 Å². The Hall–Kier alpha value is -1.90. The van der Waals surface area contributed by atoms with E-state index in [1.807, 2.05) is 24.3 Å². The molecular formula is C15H17N2O. The monoisotopic (exact) mass is 241 g/mol. The Morgan fingerprint density at radius 1 is 1.22 bits per heavy atom. The zero-order chi connectivity index (χ0) is 12.8. The fraction of sp³-hybridized carbons (Fsp3) is 0.333. The van der Waals surface area contributed by atoms with Crippen LogP contribution in [0.15, 0.2) is 40.6 Å². The molecule has 0 bridgehead atoms. The average molecular weight is 241 g/mol. The molecule has 0 unspecified atom stereocenters. The molecule has 0 aliphatic heterocycles. The minimum absolute atomic E-state index is 0.0629. The van der Waals surface area contributed by atoms with Gasteiger partial charge >= 0.3 is 0 Å². The van der Waals surface area contributed by atoms with E-state index in [4.69, 9.17) is 0 Å². The molecule has 93 valence electrons. The van der Waals surface area contributed by atoms with E-state index in [-0.39, 0.29) is 5.75 Å². The van der Waals surface area contributed by atoms with Gasteiger partial charge in [0.05, 0.1) is 6.54 Å². The highest BCUT2D eigenvalue weighted by Gasteiger charge is 2.05. The summed E-state index contributed by atoms with van der Waals surface area (Å²) in [5.41, 5.74) is 0.518. The number of azo groups is 1. The first-order valence-electron chi connectivity index (χ1n) is 6.33. The minimum atomic E-state index is 0.0629. The van der Waals surface area contributed by atoms with Crippen molar-refractivity contribution in [1.82, 2.24) is 0 Å². The van der Waals surface area contributed by atoms with E-state index in [2.05, 4.69) is 23.2 Å². The van der Waals surface area contributed by atoms with Crippen LogP contribution in [0.3, 0.4) is 0 Å². The summed E-state index contributed by atoms with van der Waals surface area (Å²) in [6.07, 6.45) is 3.37. The van der Waals surface area contributed by atoms with Crippen LogP contribution < -0.4 is 0 Å². The van der Waals surface area contributed by atoms with Crippen LogP contribution in [0, 0.1) is 6.07 Å². The quantitative estimate of drug-likeness (QED) is 0.602. The summed E-state index contributed by atoms with van der Waals surface area (Å²) < 4.78 is 0. The molecule has 0 aliphatic carbocycles. The van der Waals surface area contributed by atoms with Gasteiger partial charge in [0.25, 0.3) is 0 Å². The Labute approximate surface area is 107 Å². The van der Waals surface area contributed by atoms with Crippen LogP contribution in [0.4, 0.5) is 5.69 Å². The molecule has 2 aromatic carbocycles. The molecule has 1 N–H and O–H groups in total. The number of hydrogen-bond donors (Lipinski definition) is 1. The summed E-state index contributed by atoms with van der Waals surface area (Å²) in [4.78, 5) is 0. The van der Waals surface area contributed by atoms with Gasteiger partial charge in [0.15, 0.2) is 5.75 Å². The molecule has 18 heavy (non-hydrogen) atoms. The van der Waals surface area contributed by atoms with Gasteiger partial charge in [0, 0.05) is 11.5 Å². The molecular weight excluding hydrogens is 224 g/mol. The molecule has 0 amide bonds. The smallest absolute Gasteiger partial charge is 0.151 e. The second-order valence-corrected chi connectivity index (χ2v) is 4.25. The van der Waals surface area contributed by atoms with Crippen molar-refractivity contribution in [1.29, 1.82) is 0 Å². The second-order valence-electron chi connectivity index (χ2n) is 4.25. The SMILES string of the molecule is CCCCCN=Nc1c(O)[c]cc2ccccc12. The Morgan fingerprint density at radius 3 is 2.89 bits per heavy atom. The molecule has 2 aromatic rings. The van der Waals surface area contributed by atoms with E-state index in [0.29, 0.717) is 12.2 Å². The summed E-state index contributed by atoms with van der Waals surface area (Å²) >= 11 is 0. The van der Waals surface area contributed by atoms with Gasteiger partial charge in [-0.2, -0.15) is 10.2 Å². The number of fused-ring (bicyclic) bond motifs is 1. The molecule has 0 saturated heterocycles. The zero-order valence-corrected chi connectivity index (χ0v) is 10.6. The number of unbranched alkanes of at least 4 members (excludes halogenated alkanes) is 2. The lowest BCUT2D eigenvalue weighted by atomic mass is 10.1. The molecule has 0 heterocycles. The van der Waals surface area contributed by atoms with Gasteiger partial charge in [0.1, 0.15) is 5.69 Å². The Morgan fingerprint density at radius 2 is 2.06 bits per heavy atom. The molecule has 0 aliphatic rings. The zero-order valence-electron chi connectivity index (χ0n) is 10.6. The number of benzene rings is 2. The van der Waals surface area contributed by atoms with Crippen LogP contribution in [0.5, 0.6) is 5.75 Å². The van der Waals surface area contributed by atoms with Crippen LogP contribution in [0.1, 0.15) is 26.2 Å². The van der Waals surface area contributed by atoms with Crippen molar-refractivity contribution >= 4 is 16.5 Å². The number of rotatable bonds is 5. The van der Waals surface area contributed by atoms with Gasteiger partial charge in [-0.25, -0.2) is 0 Å². The largest absolute Gasteiger partial charge is 0.505 e. The highest BCUT2D eigenvalue weighted by Crippen LogP contribution is 2.34. The summed E-state index contributed by atoms with van der Waals surface area (Å²) in [5, 5.41) is 20.0. The standard InChI is InChI=1S/C15H17N2O/c1-2-3-6-11-16-17-15-13-8-5-4-7-12(13)9-10-14(15)18/h4-5,7-9,18H,2-3,6,11H2,1H3. The fourth-order valence-corrected chi connectivity index (χ4v) is 1.84. The lowest BCUT2D eigenvalue weighted by Crippen LogP contribution is -1.79. The predicted octanol–water partition coefficient (Wildman–Crippen LogP) is 4.62. The third kappa shape index (κ3) is 2.86. The lowest BCUT2D eigenvalue weighted by molar-refractivity contribution is 0.476. The normalized spacial score (nSPS) is 11.4. The van der Waals surface area contributed by atoms with Gasteiger partial charge in [0.2, 0.25) is 0 Å². The minimum Gasteiger partial charge on any atom is -0.505 e. The number of phenolic OH excluding ortho intramolecular Hbond substituents is 1. The topological polar surface area (TPSA) is 45.0 Å². The number of hydrogen-bond acceptors (Lipinski definition) is 3. The average Bonchev–Trinajstić information content (AvgIpc) is 2.41. The van der Waals surface area contributed by atoms with Crippen molar-refractivity contribution in [2.45, 2.75) is 26.2 Å². The summed E-state index contributed by atoms with van der Waals surface area (Å²) in [5.74, 6) is 0.0629. The van der Waals surface area contributed by atoms with Crippen molar-refractivity contribution in [2.75, 3.05) is 6.54 Å². The summed E-state index contributed by atoms with van der Waals surface area (Å²) in [6, 6.07) is 12.4. The van der Waals surface area contributed by atoms with Crippen LogP contribution in [0.2, 0.25) is 0 Å². The predicted molar refractivity (Wildman–Crippen MR) is 73.4 cm³/mol. The van der Waals surface area contributed by atoms with Crippen molar-refractivity contribution in [3.8, 4) is 5.75 Å². The first-order valence-corrected chi connectivity index (χ1v) is 6.33. The van der Waals surface area contributed by atoms with Crippen LogP contribution in [-0.4, -0.2) is 11.7 Å². The van der Waals surface area contributed by atoms with Gasteiger partial charge in [-0.1, -0.05) is 44.0 Å². The van der Waals surface area contributed by atoms with E-state index >= 15 is 0 Å². The van der Waals surface area contributed by atoms with Gasteiger partial charge in [-0.15, -0.1) is 0 Å². The summed E-state index contributed by atoms with van der Waals surface area (Å²) in [7, 11) is 0. The van der Waals surface area contributed by atoms with Gasteiger partial charge in [-0.3, -0.25) is 0 Å². The third-order valence-electron chi connectivity index (χ3n) is 2.84. The highest BCUT2D eigenvalue weighted by molar-refractivity contribution is 5.94. The molecule has 3 heteroatoms. The van der Waals surface area contributed by atoms with Crippen molar-refractivity contribution < 1.29 is 5.11 Å². The maximum absolute atomic E-state index is 9.80. The van der Waals surface area contributed by atoms with E-state index < -0.39 is 0 Å². The van der Waals surface area contributed by atoms with Crippen molar-refractivity contribution in [2.24, 2.45) is 10.2 Å². The number of aromatic hydroxyl groups is 1. The first kappa shape index (κ1) is 12.6. The molecule has 1 radical (unpaired) electrons. The van der Waals surface area contributed by atoms with E-state index in [1.165, 1.54) is 6.42 Å². The maximum Gasteiger partial charge on any atom is 0.151 e. The fourth-order valence-electron chi connectivity index (χ4n) is 1.84. The molecule has 0 atom stereocenters. The van der Waals surface area contributed by atoms with Crippen LogP contribution in [-0.2, 0) is 0 Å². The molecule has 0 saturated carbocycles. The first-order chi connectivity index (χ1) is 8.83. The molecule has 0 fully saturated rings. The summed E-state index contributed by atoms with van der Waals surface area (Å²) in [6.45, 7) is 2.86. The van der Waals surface area contributed by atoms with Crippen LogP contribution >= 0.6 is 0 Å². The van der Waals surface area contributed by atoms with Crippen molar-refractivity contribution in [3.05, 3.63) is 36.4 Å². The van der Waals surface area contributed by atoms with Gasteiger partial charge in [-0.05, 0) is 17.9 Å². The Kier molecular flexibility index (Phi) is 4.29. The highest BCUT2D eigenvalue weighted by atomic mass is 16.3.